The molecule has 3 heterocycles. The number of hydrogen-bond acceptors (Lipinski definition) is 6. The first kappa shape index (κ1) is 16.1. The number of amides is 1. The van der Waals surface area contributed by atoms with E-state index in [9.17, 15) is 4.79 Å². The van der Waals surface area contributed by atoms with Gasteiger partial charge in [0.05, 0.1) is 26.1 Å². The number of nitrogens with one attached hydrogen (secondary N) is 1. The number of rotatable bonds is 7. The van der Waals surface area contributed by atoms with Crippen LogP contribution in [0.3, 0.4) is 0 Å². The topological polar surface area (TPSA) is 72.3 Å². The van der Waals surface area contributed by atoms with Gasteiger partial charge in [-0.2, -0.15) is 0 Å². The van der Waals surface area contributed by atoms with Crippen molar-refractivity contribution in [1.29, 1.82) is 0 Å². The van der Waals surface area contributed by atoms with Crippen LogP contribution >= 0.6 is 11.3 Å². The van der Waals surface area contributed by atoms with Crippen molar-refractivity contribution in [1.82, 2.24) is 24.8 Å². The van der Waals surface area contributed by atoms with Crippen LogP contribution in [0.2, 0.25) is 0 Å². The molecule has 0 spiro atoms. The summed E-state index contributed by atoms with van der Waals surface area (Å²) in [6.45, 7) is 5.67. The minimum absolute atomic E-state index is 0.0971. The zero-order chi connectivity index (χ0) is 15.9. The van der Waals surface area contributed by atoms with E-state index in [1.807, 2.05) is 16.1 Å². The quantitative estimate of drug-likeness (QED) is 0.764. The summed E-state index contributed by atoms with van der Waals surface area (Å²) in [4.78, 5) is 22.8. The molecule has 0 aromatic carbocycles. The Kier molecular flexibility index (Phi) is 5.73. The molecule has 1 fully saturated rings. The summed E-state index contributed by atoms with van der Waals surface area (Å²) in [5, 5.41) is 5.73. The van der Waals surface area contributed by atoms with Gasteiger partial charge < -0.3 is 14.6 Å². The SMILES string of the molecule is O=C(NCCCn1ccnc1)c1csc(CN2CCOCC2)n1. The van der Waals surface area contributed by atoms with Crippen molar-refractivity contribution in [2.24, 2.45) is 0 Å². The van der Waals surface area contributed by atoms with Crippen LogP contribution in [0.25, 0.3) is 0 Å². The smallest absolute Gasteiger partial charge is 0.270 e. The minimum atomic E-state index is -0.0971. The zero-order valence-corrected chi connectivity index (χ0v) is 13.8. The van der Waals surface area contributed by atoms with Crippen LogP contribution in [0, 0.1) is 0 Å². The van der Waals surface area contributed by atoms with Crippen molar-refractivity contribution in [3.05, 3.63) is 34.8 Å². The fraction of sp³-hybridized carbons (Fsp3) is 0.533. The average Bonchev–Trinajstić information content (AvgIpc) is 3.24. The van der Waals surface area contributed by atoms with Gasteiger partial charge in [-0.3, -0.25) is 9.69 Å². The molecule has 8 heteroatoms. The summed E-state index contributed by atoms with van der Waals surface area (Å²) in [5.41, 5.74) is 0.515. The van der Waals surface area contributed by atoms with E-state index in [-0.39, 0.29) is 5.91 Å². The van der Waals surface area contributed by atoms with Crippen LogP contribution in [-0.2, 0) is 17.8 Å². The Morgan fingerprint density at radius 3 is 3.04 bits per heavy atom. The highest BCUT2D eigenvalue weighted by atomic mass is 32.1. The van der Waals surface area contributed by atoms with E-state index in [1.54, 1.807) is 23.9 Å². The minimum Gasteiger partial charge on any atom is -0.379 e. The second kappa shape index (κ2) is 8.19. The number of aromatic nitrogens is 3. The average molecular weight is 335 g/mol. The molecule has 1 N–H and O–H groups in total. The van der Waals surface area contributed by atoms with Gasteiger partial charge in [0.15, 0.2) is 0 Å². The van der Waals surface area contributed by atoms with Crippen LogP contribution in [0.5, 0.6) is 0 Å². The van der Waals surface area contributed by atoms with Crippen molar-refractivity contribution in [2.45, 2.75) is 19.5 Å². The molecule has 0 saturated carbocycles. The van der Waals surface area contributed by atoms with Crippen molar-refractivity contribution in [3.63, 3.8) is 0 Å². The molecule has 23 heavy (non-hydrogen) atoms. The molecule has 0 atom stereocenters. The van der Waals surface area contributed by atoms with E-state index in [4.69, 9.17) is 4.74 Å². The number of carbonyl (C=O) groups is 1. The molecule has 1 saturated heterocycles. The third-order valence-electron chi connectivity index (χ3n) is 3.68. The number of nitrogens with zero attached hydrogens (tertiary/aromatic N) is 4. The Labute approximate surface area is 139 Å². The van der Waals surface area contributed by atoms with Gasteiger partial charge in [0.2, 0.25) is 0 Å². The molecule has 2 aromatic heterocycles. The molecule has 3 rings (SSSR count). The van der Waals surface area contributed by atoms with Crippen LogP contribution in [0.15, 0.2) is 24.1 Å². The highest BCUT2D eigenvalue weighted by Crippen LogP contribution is 2.13. The lowest BCUT2D eigenvalue weighted by molar-refractivity contribution is 0.0341. The van der Waals surface area contributed by atoms with Gasteiger partial charge >= 0.3 is 0 Å². The normalized spacial score (nSPS) is 15.7. The largest absolute Gasteiger partial charge is 0.379 e. The maximum Gasteiger partial charge on any atom is 0.270 e. The molecule has 124 valence electrons. The van der Waals surface area contributed by atoms with E-state index in [0.29, 0.717) is 12.2 Å². The Morgan fingerprint density at radius 2 is 2.26 bits per heavy atom. The van der Waals surface area contributed by atoms with Gasteiger partial charge in [-0.1, -0.05) is 0 Å². The Hall–Kier alpha value is -1.77. The van der Waals surface area contributed by atoms with Crippen LogP contribution in [0.4, 0.5) is 0 Å². The molecule has 0 unspecified atom stereocenters. The standard InChI is InChI=1S/C15H21N5O2S/c21-15(17-2-1-4-20-5-3-16-12-20)13-11-23-14(18-13)10-19-6-8-22-9-7-19/h3,5,11-12H,1-2,4,6-10H2,(H,17,21). The first-order valence-corrected chi connectivity index (χ1v) is 8.67. The molecule has 0 radical (unpaired) electrons. The summed E-state index contributed by atoms with van der Waals surface area (Å²) < 4.78 is 7.33. The molecule has 7 nitrogen and oxygen atoms in total. The molecule has 0 aliphatic carbocycles. The zero-order valence-electron chi connectivity index (χ0n) is 13.0. The fourth-order valence-corrected chi connectivity index (χ4v) is 3.23. The molecular formula is C15H21N5O2S. The van der Waals surface area contributed by atoms with E-state index in [1.165, 1.54) is 0 Å². The second-order valence-electron chi connectivity index (χ2n) is 5.42. The van der Waals surface area contributed by atoms with Crippen LogP contribution in [0.1, 0.15) is 21.9 Å². The van der Waals surface area contributed by atoms with Crippen molar-refractivity contribution in [2.75, 3.05) is 32.8 Å². The number of aryl methyl sites for hydroxylation is 1. The lowest BCUT2D eigenvalue weighted by atomic mass is 10.4. The van der Waals surface area contributed by atoms with Crippen molar-refractivity contribution >= 4 is 17.2 Å². The third kappa shape index (κ3) is 4.85. The third-order valence-corrected chi connectivity index (χ3v) is 4.52. The Morgan fingerprint density at radius 1 is 1.39 bits per heavy atom. The predicted octanol–water partition coefficient (Wildman–Crippen LogP) is 0.992. The Balaban J connectivity index is 1.40. The van der Waals surface area contributed by atoms with E-state index in [2.05, 4.69) is 20.2 Å². The molecule has 1 amide bonds. The number of hydrogen-bond donors (Lipinski definition) is 1. The summed E-state index contributed by atoms with van der Waals surface area (Å²) >= 11 is 1.54. The maximum atomic E-state index is 12.1. The maximum absolute atomic E-state index is 12.1. The highest BCUT2D eigenvalue weighted by molar-refractivity contribution is 7.09. The Bertz CT molecular complexity index is 607. The molecule has 1 aliphatic heterocycles. The van der Waals surface area contributed by atoms with Crippen LogP contribution < -0.4 is 5.32 Å². The second-order valence-corrected chi connectivity index (χ2v) is 6.37. The van der Waals surface area contributed by atoms with Gasteiger partial charge in [-0.05, 0) is 6.42 Å². The number of thiazole rings is 1. The van der Waals surface area contributed by atoms with Crippen LogP contribution in [-0.4, -0.2) is 58.2 Å². The number of imidazole rings is 1. The van der Waals surface area contributed by atoms with E-state index < -0.39 is 0 Å². The predicted molar refractivity (Wildman–Crippen MR) is 87.4 cm³/mol. The van der Waals surface area contributed by atoms with Crippen molar-refractivity contribution < 1.29 is 9.53 Å². The summed E-state index contributed by atoms with van der Waals surface area (Å²) in [7, 11) is 0. The van der Waals surface area contributed by atoms with Gasteiger partial charge in [0.25, 0.3) is 5.91 Å². The molecule has 1 aliphatic rings. The molecular weight excluding hydrogens is 314 g/mol. The first-order valence-electron chi connectivity index (χ1n) is 7.80. The summed E-state index contributed by atoms with van der Waals surface area (Å²) in [6, 6.07) is 0. The number of ether oxygens (including phenoxy) is 1. The summed E-state index contributed by atoms with van der Waals surface area (Å²) in [6.07, 6.45) is 6.32. The van der Waals surface area contributed by atoms with E-state index >= 15 is 0 Å². The fourth-order valence-electron chi connectivity index (χ4n) is 2.41. The van der Waals surface area contributed by atoms with E-state index in [0.717, 1.165) is 50.8 Å². The molecule has 2 aromatic rings. The lowest BCUT2D eigenvalue weighted by Crippen LogP contribution is -2.35. The van der Waals surface area contributed by atoms with Gasteiger partial charge in [-0.15, -0.1) is 11.3 Å². The van der Waals surface area contributed by atoms with Gasteiger partial charge in [0.1, 0.15) is 10.7 Å². The first-order chi connectivity index (χ1) is 11.3. The summed E-state index contributed by atoms with van der Waals surface area (Å²) in [5.74, 6) is -0.0971. The van der Waals surface area contributed by atoms with Crippen molar-refractivity contribution in [3.8, 4) is 0 Å². The number of morpholine rings is 1. The highest BCUT2D eigenvalue weighted by Gasteiger charge is 2.15. The number of carbonyl (C=O) groups excluding carboxylic acids is 1. The molecule has 0 bridgehead atoms. The lowest BCUT2D eigenvalue weighted by Gasteiger charge is -2.25. The van der Waals surface area contributed by atoms with Gasteiger partial charge in [0, 0.05) is 44.0 Å². The van der Waals surface area contributed by atoms with Gasteiger partial charge in [-0.25, -0.2) is 9.97 Å². The monoisotopic (exact) mass is 335 g/mol.